The van der Waals surface area contributed by atoms with Gasteiger partial charge in [0.2, 0.25) is 0 Å². The molecule has 0 aliphatic rings. The van der Waals surface area contributed by atoms with Crippen molar-refractivity contribution >= 4 is 23.3 Å². The molecule has 0 unspecified atom stereocenters. The SMILES string of the molecule is C=CC(=O)Oc1ccc(-c2ccc(N(C)CCN(C)c3ccc(-c4ccc(OC(=O)C=C)cc4)cc3)cc2)cc1. The average Bonchev–Trinajstić information content (AvgIpc) is 3.00. The van der Waals surface area contributed by atoms with E-state index in [1.807, 2.05) is 24.3 Å². The lowest BCUT2D eigenvalue weighted by Crippen LogP contribution is -2.30. The summed E-state index contributed by atoms with van der Waals surface area (Å²) in [5.74, 6) is 0.0393. The van der Waals surface area contributed by atoms with E-state index in [1.165, 1.54) is 0 Å². The summed E-state index contributed by atoms with van der Waals surface area (Å²) in [5, 5.41) is 0. The Kier molecular flexibility index (Phi) is 9.15. The first-order valence-electron chi connectivity index (χ1n) is 12.9. The fourth-order valence-corrected chi connectivity index (χ4v) is 4.12. The van der Waals surface area contributed by atoms with Gasteiger partial charge in [0.15, 0.2) is 0 Å². The summed E-state index contributed by atoms with van der Waals surface area (Å²) in [7, 11) is 4.18. The van der Waals surface area contributed by atoms with Gasteiger partial charge in [0.25, 0.3) is 0 Å². The van der Waals surface area contributed by atoms with Crippen LogP contribution in [-0.4, -0.2) is 39.1 Å². The molecule has 202 valence electrons. The fraction of sp³-hybridized carbons (Fsp3) is 0.118. The lowest BCUT2D eigenvalue weighted by molar-refractivity contribution is -0.129. The van der Waals surface area contributed by atoms with E-state index < -0.39 is 11.9 Å². The summed E-state index contributed by atoms with van der Waals surface area (Å²) in [6.07, 6.45) is 2.29. The minimum absolute atomic E-state index is 0.472. The highest BCUT2D eigenvalue weighted by atomic mass is 16.5. The molecule has 4 aromatic rings. The van der Waals surface area contributed by atoms with Crippen molar-refractivity contribution in [2.75, 3.05) is 37.0 Å². The maximum Gasteiger partial charge on any atom is 0.335 e. The lowest BCUT2D eigenvalue weighted by Gasteiger charge is -2.25. The molecule has 0 fully saturated rings. The highest BCUT2D eigenvalue weighted by molar-refractivity contribution is 5.84. The zero-order valence-electron chi connectivity index (χ0n) is 22.7. The Bertz CT molecular complexity index is 1340. The smallest absolute Gasteiger partial charge is 0.335 e. The Morgan fingerprint density at radius 3 is 1.10 bits per heavy atom. The lowest BCUT2D eigenvalue weighted by atomic mass is 10.0. The first-order valence-corrected chi connectivity index (χ1v) is 12.9. The molecular weight excluding hydrogens is 500 g/mol. The van der Waals surface area contributed by atoms with Crippen LogP contribution in [0.25, 0.3) is 22.3 Å². The van der Waals surface area contributed by atoms with E-state index in [0.717, 1.165) is 58.9 Å². The van der Waals surface area contributed by atoms with Crippen molar-refractivity contribution in [3.8, 4) is 33.8 Å². The standard InChI is InChI=1S/C34H32N2O4/c1-5-33(37)39-31-19-11-27(12-20-31)25-7-15-29(16-8-25)35(3)23-24-36(4)30-17-9-26(10-18-30)28-13-21-32(22-14-28)40-34(38)6-2/h5-22H,1-2,23-24H2,3-4H3. The van der Waals surface area contributed by atoms with E-state index in [2.05, 4.69) is 85.6 Å². The second kappa shape index (κ2) is 13.1. The van der Waals surface area contributed by atoms with Crippen molar-refractivity contribution in [1.82, 2.24) is 0 Å². The third-order valence-corrected chi connectivity index (χ3v) is 6.53. The molecule has 0 saturated heterocycles. The molecule has 6 nitrogen and oxygen atoms in total. The van der Waals surface area contributed by atoms with Crippen LogP contribution in [-0.2, 0) is 9.59 Å². The Morgan fingerprint density at radius 2 is 0.825 bits per heavy atom. The molecule has 0 heterocycles. The Balaban J connectivity index is 1.30. The van der Waals surface area contributed by atoms with Crippen molar-refractivity contribution in [3.05, 3.63) is 122 Å². The molecule has 0 saturated carbocycles. The number of hydrogen-bond donors (Lipinski definition) is 0. The molecule has 4 aromatic carbocycles. The number of anilines is 2. The van der Waals surface area contributed by atoms with Gasteiger partial charge in [-0.2, -0.15) is 0 Å². The van der Waals surface area contributed by atoms with Crippen molar-refractivity contribution in [3.63, 3.8) is 0 Å². The first kappa shape index (κ1) is 27.9. The van der Waals surface area contributed by atoms with Crippen molar-refractivity contribution in [2.24, 2.45) is 0 Å². The average molecular weight is 533 g/mol. The van der Waals surface area contributed by atoms with Gasteiger partial charge in [0.1, 0.15) is 11.5 Å². The van der Waals surface area contributed by atoms with Gasteiger partial charge >= 0.3 is 11.9 Å². The molecule has 0 N–H and O–H groups in total. The number of hydrogen-bond acceptors (Lipinski definition) is 6. The van der Waals surface area contributed by atoms with E-state index in [4.69, 9.17) is 9.47 Å². The van der Waals surface area contributed by atoms with E-state index in [-0.39, 0.29) is 0 Å². The summed E-state index contributed by atoms with van der Waals surface area (Å²) in [4.78, 5) is 27.2. The molecule has 0 aliphatic carbocycles. The molecule has 0 atom stereocenters. The third-order valence-electron chi connectivity index (χ3n) is 6.53. The molecule has 0 spiro atoms. The molecule has 4 rings (SSSR count). The van der Waals surface area contributed by atoms with E-state index in [9.17, 15) is 9.59 Å². The van der Waals surface area contributed by atoms with Crippen LogP contribution >= 0.6 is 0 Å². The van der Waals surface area contributed by atoms with Crippen LogP contribution in [0.3, 0.4) is 0 Å². The number of rotatable bonds is 11. The van der Waals surface area contributed by atoms with Gasteiger partial charge in [-0.25, -0.2) is 9.59 Å². The second-order valence-corrected chi connectivity index (χ2v) is 9.24. The molecule has 0 bridgehead atoms. The normalized spacial score (nSPS) is 10.3. The number of likely N-dealkylation sites (N-methyl/N-ethyl adjacent to an activating group) is 2. The summed E-state index contributed by atoms with van der Waals surface area (Å²) in [5.41, 5.74) is 6.52. The Hall–Kier alpha value is -5.10. The second-order valence-electron chi connectivity index (χ2n) is 9.24. The summed E-state index contributed by atoms with van der Waals surface area (Å²) >= 11 is 0. The minimum atomic E-state index is -0.472. The quantitative estimate of drug-likeness (QED) is 0.121. The first-order chi connectivity index (χ1) is 19.4. The molecular formula is C34H32N2O4. The predicted molar refractivity (Wildman–Crippen MR) is 162 cm³/mol. The number of ether oxygens (including phenoxy) is 2. The van der Waals surface area contributed by atoms with E-state index >= 15 is 0 Å². The van der Waals surface area contributed by atoms with Crippen LogP contribution in [0.1, 0.15) is 0 Å². The van der Waals surface area contributed by atoms with Crippen LogP contribution in [0.15, 0.2) is 122 Å². The van der Waals surface area contributed by atoms with Gasteiger partial charge in [-0.1, -0.05) is 61.7 Å². The fourth-order valence-electron chi connectivity index (χ4n) is 4.12. The molecule has 0 aromatic heterocycles. The molecule has 0 radical (unpaired) electrons. The number of nitrogens with zero attached hydrogens (tertiary/aromatic N) is 2. The van der Waals surface area contributed by atoms with E-state index in [0.29, 0.717) is 11.5 Å². The summed E-state index contributed by atoms with van der Waals surface area (Å²) in [6, 6.07) is 31.6. The van der Waals surface area contributed by atoms with Crippen molar-refractivity contribution in [1.29, 1.82) is 0 Å². The number of carbonyl (C=O) groups excluding carboxylic acids is 2. The molecule has 0 aliphatic heterocycles. The molecule has 0 amide bonds. The number of esters is 2. The maximum atomic E-state index is 11.4. The number of benzene rings is 4. The summed E-state index contributed by atoms with van der Waals surface area (Å²) in [6.45, 7) is 8.53. The minimum Gasteiger partial charge on any atom is -0.423 e. The zero-order valence-corrected chi connectivity index (χ0v) is 22.7. The van der Waals surface area contributed by atoms with Crippen LogP contribution in [0, 0.1) is 0 Å². The van der Waals surface area contributed by atoms with Gasteiger partial charge < -0.3 is 19.3 Å². The third kappa shape index (κ3) is 7.26. The maximum absolute atomic E-state index is 11.4. The van der Waals surface area contributed by atoms with Crippen LogP contribution in [0.5, 0.6) is 11.5 Å². The van der Waals surface area contributed by atoms with Gasteiger partial charge in [0.05, 0.1) is 0 Å². The van der Waals surface area contributed by atoms with Crippen LogP contribution in [0.2, 0.25) is 0 Å². The molecule has 40 heavy (non-hydrogen) atoms. The van der Waals surface area contributed by atoms with Crippen LogP contribution < -0.4 is 19.3 Å². The highest BCUT2D eigenvalue weighted by Crippen LogP contribution is 2.27. The Morgan fingerprint density at radius 1 is 0.550 bits per heavy atom. The predicted octanol–water partition coefficient (Wildman–Crippen LogP) is 6.78. The van der Waals surface area contributed by atoms with Gasteiger partial charge in [0, 0.05) is 50.7 Å². The van der Waals surface area contributed by atoms with Crippen molar-refractivity contribution < 1.29 is 19.1 Å². The van der Waals surface area contributed by atoms with Crippen LogP contribution in [0.4, 0.5) is 11.4 Å². The van der Waals surface area contributed by atoms with Gasteiger partial charge in [-0.3, -0.25) is 0 Å². The van der Waals surface area contributed by atoms with Gasteiger partial charge in [-0.15, -0.1) is 0 Å². The largest absolute Gasteiger partial charge is 0.423 e. The number of carbonyl (C=O) groups is 2. The van der Waals surface area contributed by atoms with E-state index in [1.54, 1.807) is 24.3 Å². The molecule has 6 heteroatoms. The van der Waals surface area contributed by atoms with Crippen molar-refractivity contribution in [2.45, 2.75) is 0 Å². The Labute approximate surface area is 235 Å². The van der Waals surface area contributed by atoms with Gasteiger partial charge in [-0.05, 0) is 70.8 Å². The topological polar surface area (TPSA) is 59.1 Å². The monoisotopic (exact) mass is 532 g/mol. The summed E-state index contributed by atoms with van der Waals surface area (Å²) < 4.78 is 10.3. The zero-order chi connectivity index (χ0) is 28.5. The highest BCUT2D eigenvalue weighted by Gasteiger charge is 2.08.